The number of fused-ring (bicyclic) bond motifs is 1. The highest BCUT2D eigenvalue weighted by Crippen LogP contribution is 2.41. The highest BCUT2D eigenvalue weighted by molar-refractivity contribution is 5.99. The van der Waals surface area contributed by atoms with Crippen LogP contribution in [-0.2, 0) is 14.4 Å². The van der Waals surface area contributed by atoms with Gasteiger partial charge in [0.2, 0.25) is 17.7 Å². The van der Waals surface area contributed by atoms with Gasteiger partial charge in [0, 0.05) is 44.9 Å². The summed E-state index contributed by atoms with van der Waals surface area (Å²) >= 11 is 0. The molecule has 144 valence electrons. The predicted molar refractivity (Wildman–Crippen MR) is 96.5 cm³/mol. The molecule has 0 bridgehead atoms. The van der Waals surface area contributed by atoms with E-state index in [0.29, 0.717) is 63.0 Å². The molecule has 1 N–H and O–H groups in total. The average molecular weight is 373 g/mol. The van der Waals surface area contributed by atoms with Gasteiger partial charge in [-0.15, -0.1) is 0 Å². The summed E-state index contributed by atoms with van der Waals surface area (Å²) in [5.41, 5.74) is 0.637. The maximum atomic E-state index is 12.6. The zero-order chi connectivity index (χ0) is 19.0. The highest BCUT2D eigenvalue weighted by atomic mass is 16.6. The van der Waals surface area contributed by atoms with Crippen molar-refractivity contribution in [3.05, 3.63) is 18.2 Å². The lowest BCUT2D eigenvalue weighted by Crippen LogP contribution is -2.50. The van der Waals surface area contributed by atoms with Gasteiger partial charge in [-0.2, -0.15) is 0 Å². The van der Waals surface area contributed by atoms with Gasteiger partial charge in [0.25, 0.3) is 0 Å². The van der Waals surface area contributed by atoms with Crippen LogP contribution >= 0.6 is 0 Å². The van der Waals surface area contributed by atoms with Crippen LogP contribution in [0.5, 0.6) is 11.5 Å². The smallest absolute Gasteiger partial charge is 0.228 e. The van der Waals surface area contributed by atoms with Gasteiger partial charge in [-0.1, -0.05) is 0 Å². The summed E-state index contributed by atoms with van der Waals surface area (Å²) in [7, 11) is 0. The van der Waals surface area contributed by atoms with E-state index < -0.39 is 0 Å². The SMILES string of the molecule is CC(=O)N1CCN(C(=O)C2CC2C(=O)Nc2ccc3c(c2)OCCO3)CC1. The zero-order valence-corrected chi connectivity index (χ0v) is 15.3. The fourth-order valence-electron chi connectivity index (χ4n) is 3.59. The second kappa shape index (κ2) is 7.09. The molecule has 1 saturated heterocycles. The van der Waals surface area contributed by atoms with E-state index in [-0.39, 0.29) is 29.6 Å². The zero-order valence-electron chi connectivity index (χ0n) is 15.3. The standard InChI is InChI=1S/C19H23N3O5/c1-12(23)21-4-6-22(7-5-21)19(25)15-11-14(15)18(24)20-13-2-3-16-17(10-13)27-9-8-26-16/h2-3,10,14-15H,4-9,11H2,1H3,(H,20,24). The number of rotatable bonds is 3. The summed E-state index contributed by atoms with van der Waals surface area (Å²) in [6.07, 6.45) is 0.572. The molecular formula is C19H23N3O5. The maximum absolute atomic E-state index is 12.6. The molecule has 2 unspecified atom stereocenters. The summed E-state index contributed by atoms with van der Waals surface area (Å²) < 4.78 is 11.0. The molecule has 1 aromatic carbocycles. The van der Waals surface area contributed by atoms with Crippen molar-refractivity contribution in [2.75, 3.05) is 44.7 Å². The molecule has 0 radical (unpaired) electrons. The molecule has 1 aliphatic carbocycles. The van der Waals surface area contributed by atoms with Crippen molar-refractivity contribution in [1.29, 1.82) is 0 Å². The molecule has 8 nitrogen and oxygen atoms in total. The summed E-state index contributed by atoms with van der Waals surface area (Å²) in [6, 6.07) is 5.28. The number of hydrogen-bond donors (Lipinski definition) is 1. The van der Waals surface area contributed by atoms with E-state index in [2.05, 4.69) is 5.32 Å². The fourth-order valence-corrected chi connectivity index (χ4v) is 3.59. The first-order valence-corrected chi connectivity index (χ1v) is 9.28. The van der Waals surface area contributed by atoms with Gasteiger partial charge in [-0.25, -0.2) is 0 Å². The Morgan fingerprint density at radius 2 is 1.63 bits per heavy atom. The molecule has 3 amide bonds. The molecule has 0 spiro atoms. The lowest BCUT2D eigenvalue weighted by molar-refractivity contribution is -0.139. The van der Waals surface area contributed by atoms with Crippen molar-refractivity contribution >= 4 is 23.4 Å². The predicted octanol–water partition coefficient (Wildman–Crippen LogP) is 0.723. The summed E-state index contributed by atoms with van der Waals surface area (Å²) in [5, 5.41) is 2.87. The van der Waals surface area contributed by atoms with E-state index in [9.17, 15) is 14.4 Å². The van der Waals surface area contributed by atoms with Crippen LogP contribution in [-0.4, -0.2) is 66.9 Å². The number of amides is 3. The third-order valence-electron chi connectivity index (χ3n) is 5.29. The van der Waals surface area contributed by atoms with Crippen LogP contribution in [0.4, 0.5) is 5.69 Å². The van der Waals surface area contributed by atoms with Crippen molar-refractivity contribution in [1.82, 2.24) is 9.80 Å². The molecule has 2 atom stereocenters. The van der Waals surface area contributed by atoms with E-state index in [1.165, 1.54) is 6.92 Å². The minimum atomic E-state index is -0.295. The summed E-state index contributed by atoms with van der Waals surface area (Å²) in [4.78, 5) is 40.0. The van der Waals surface area contributed by atoms with Gasteiger partial charge >= 0.3 is 0 Å². The third-order valence-corrected chi connectivity index (χ3v) is 5.29. The quantitative estimate of drug-likeness (QED) is 0.844. The molecule has 0 aromatic heterocycles. The highest BCUT2D eigenvalue weighted by Gasteiger charge is 2.49. The minimum absolute atomic E-state index is 0.0144. The number of nitrogens with one attached hydrogen (secondary N) is 1. The Kier molecular flexibility index (Phi) is 4.63. The fraction of sp³-hybridized carbons (Fsp3) is 0.526. The van der Waals surface area contributed by atoms with Crippen LogP contribution in [0.2, 0.25) is 0 Å². The number of hydrogen-bond acceptors (Lipinski definition) is 5. The van der Waals surface area contributed by atoms with Gasteiger partial charge in [-0.05, 0) is 18.6 Å². The Balaban J connectivity index is 1.30. The second-order valence-corrected chi connectivity index (χ2v) is 7.13. The number of nitrogens with zero attached hydrogens (tertiary/aromatic N) is 2. The topological polar surface area (TPSA) is 88.2 Å². The Bertz CT molecular complexity index is 773. The van der Waals surface area contributed by atoms with Crippen molar-refractivity contribution < 1.29 is 23.9 Å². The van der Waals surface area contributed by atoms with Gasteiger partial charge in [0.05, 0.1) is 11.8 Å². The molecular weight excluding hydrogens is 350 g/mol. The average Bonchev–Trinajstić information content (AvgIpc) is 3.48. The molecule has 2 heterocycles. The van der Waals surface area contributed by atoms with Crippen LogP contribution in [0.1, 0.15) is 13.3 Å². The van der Waals surface area contributed by atoms with E-state index in [4.69, 9.17) is 9.47 Å². The van der Waals surface area contributed by atoms with Gasteiger partial charge in [0.1, 0.15) is 13.2 Å². The number of carbonyl (C=O) groups is 3. The number of ether oxygens (including phenoxy) is 2. The summed E-state index contributed by atoms with van der Waals surface area (Å²) in [6.45, 7) is 4.73. The number of benzene rings is 1. The Hall–Kier alpha value is -2.77. The molecule has 2 aliphatic heterocycles. The molecule has 1 saturated carbocycles. The Labute approximate surface area is 157 Å². The number of anilines is 1. The van der Waals surface area contributed by atoms with Crippen LogP contribution in [0.3, 0.4) is 0 Å². The normalized spacial score (nSPS) is 23.6. The molecule has 27 heavy (non-hydrogen) atoms. The second-order valence-electron chi connectivity index (χ2n) is 7.13. The van der Waals surface area contributed by atoms with E-state index in [0.717, 1.165) is 0 Å². The lowest BCUT2D eigenvalue weighted by atomic mass is 10.2. The first-order valence-electron chi connectivity index (χ1n) is 9.28. The minimum Gasteiger partial charge on any atom is -0.486 e. The first-order chi connectivity index (χ1) is 13.0. The van der Waals surface area contributed by atoms with Crippen LogP contribution in [0, 0.1) is 11.8 Å². The first kappa shape index (κ1) is 17.6. The van der Waals surface area contributed by atoms with Crippen molar-refractivity contribution in [3.8, 4) is 11.5 Å². The van der Waals surface area contributed by atoms with Gasteiger partial charge in [0.15, 0.2) is 11.5 Å². The van der Waals surface area contributed by atoms with Crippen LogP contribution in [0.15, 0.2) is 18.2 Å². The van der Waals surface area contributed by atoms with Crippen molar-refractivity contribution in [3.63, 3.8) is 0 Å². The van der Waals surface area contributed by atoms with E-state index >= 15 is 0 Å². The Morgan fingerprint density at radius 3 is 2.33 bits per heavy atom. The summed E-state index contributed by atoms with van der Waals surface area (Å²) in [5.74, 6) is 0.634. The molecule has 2 fully saturated rings. The Morgan fingerprint density at radius 1 is 0.963 bits per heavy atom. The number of piperazine rings is 1. The molecule has 8 heteroatoms. The number of carbonyl (C=O) groups excluding carboxylic acids is 3. The largest absolute Gasteiger partial charge is 0.486 e. The maximum Gasteiger partial charge on any atom is 0.228 e. The third kappa shape index (κ3) is 3.70. The van der Waals surface area contributed by atoms with Gasteiger partial charge < -0.3 is 24.6 Å². The lowest BCUT2D eigenvalue weighted by Gasteiger charge is -2.34. The van der Waals surface area contributed by atoms with E-state index in [1.54, 1.807) is 28.0 Å². The monoisotopic (exact) mass is 373 g/mol. The van der Waals surface area contributed by atoms with Crippen LogP contribution in [0.25, 0.3) is 0 Å². The van der Waals surface area contributed by atoms with Crippen LogP contribution < -0.4 is 14.8 Å². The van der Waals surface area contributed by atoms with Crippen molar-refractivity contribution in [2.45, 2.75) is 13.3 Å². The van der Waals surface area contributed by atoms with Gasteiger partial charge in [-0.3, -0.25) is 14.4 Å². The van der Waals surface area contributed by atoms with Crippen molar-refractivity contribution in [2.24, 2.45) is 11.8 Å². The molecule has 4 rings (SSSR count). The van der Waals surface area contributed by atoms with E-state index in [1.807, 2.05) is 0 Å². The molecule has 3 aliphatic rings. The molecule has 1 aromatic rings.